The molecule has 4 heteroatoms. The monoisotopic (exact) mass is 283 g/mol. The summed E-state index contributed by atoms with van der Waals surface area (Å²) in [6.07, 6.45) is 3.71. The van der Waals surface area contributed by atoms with Gasteiger partial charge in [0.15, 0.2) is 0 Å². The van der Waals surface area contributed by atoms with Crippen LogP contribution in [0.25, 0.3) is 0 Å². The fourth-order valence-corrected chi connectivity index (χ4v) is 3.59. The first-order valence-electron chi connectivity index (χ1n) is 8.36. The van der Waals surface area contributed by atoms with E-state index in [1.165, 1.54) is 45.4 Å². The van der Waals surface area contributed by atoms with Gasteiger partial charge in [0.05, 0.1) is 6.61 Å². The second-order valence-electron chi connectivity index (χ2n) is 6.91. The molecular weight excluding hydrogens is 250 g/mol. The van der Waals surface area contributed by atoms with Gasteiger partial charge in [-0.1, -0.05) is 6.92 Å². The van der Waals surface area contributed by atoms with Crippen LogP contribution in [0, 0.1) is 5.41 Å². The highest BCUT2D eigenvalue weighted by atomic mass is 16.5. The summed E-state index contributed by atoms with van der Waals surface area (Å²) in [5.74, 6) is 0. The summed E-state index contributed by atoms with van der Waals surface area (Å²) in [6.45, 7) is 13.6. The van der Waals surface area contributed by atoms with Crippen LogP contribution in [0.2, 0.25) is 0 Å². The Morgan fingerprint density at radius 2 is 2.20 bits per heavy atom. The first kappa shape index (κ1) is 16.2. The lowest BCUT2D eigenvalue weighted by Gasteiger charge is -2.37. The molecule has 0 aromatic carbocycles. The van der Waals surface area contributed by atoms with E-state index in [2.05, 4.69) is 36.0 Å². The van der Waals surface area contributed by atoms with Gasteiger partial charge in [0.25, 0.3) is 0 Å². The molecule has 2 heterocycles. The van der Waals surface area contributed by atoms with Crippen LogP contribution in [0.15, 0.2) is 0 Å². The van der Waals surface area contributed by atoms with Crippen molar-refractivity contribution in [2.45, 2.75) is 39.2 Å². The van der Waals surface area contributed by atoms with E-state index in [0.717, 1.165) is 26.3 Å². The molecule has 0 bridgehead atoms. The molecular formula is C16H33N3O. The summed E-state index contributed by atoms with van der Waals surface area (Å²) in [6, 6.07) is 0.658. The Balaban J connectivity index is 1.92. The summed E-state index contributed by atoms with van der Waals surface area (Å²) in [4.78, 5) is 5.17. The van der Waals surface area contributed by atoms with Gasteiger partial charge in [-0.2, -0.15) is 0 Å². The summed E-state index contributed by atoms with van der Waals surface area (Å²) in [7, 11) is 2.25. The van der Waals surface area contributed by atoms with Gasteiger partial charge in [-0.3, -0.25) is 4.90 Å². The first-order valence-corrected chi connectivity index (χ1v) is 8.36. The Kier molecular flexibility index (Phi) is 6.27. The summed E-state index contributed by atoms with van der Waals surface area (Å²) < 4.78 is 5.74. The lowest BCUT2D eigenvalue weighted by molar-refractivity contribution is 0.0897. The molecule has 2 aliphatic rings. The van der Waals surface area contributed by atoms with Crippen LogP contribution >= 0.6 is 0 Å². The molecule has 4 nitrogen and oxygen atoms in total. The van der Waals surface area contributed by atoms with Crippen LogP contribution in [-0.2, 0) is 4.74 Å². The Hall–Kier alpha value is -0.160. The van der Waals surface area contributed by atoms with Gasteiger partial charge in [0.1, 0.15) is 0 Å². The molecule has 2 fully saturated rings. The van der Waals surface area contributed by atoms with Gasteiger partial charge in [-0.05, 0) is 52.9 Å². The second-order valence-corrected chi connectivity index (χ2v) is 6.91. The minimum atomic E-state index is 0.340. The SMILES string of the molecule is CCCNCC1(CN2CCCN(C)CC2C)CCOC1. The number of rotatable bonds is 6. The number of hydrogen-bond acceptors (Lipinski definition) is 4. The van der Waals surface area contributed by atoms with Crippen LogP contribution in [0.1, 0.15) is 33.1 Å². The molecule has 2 saturated heterocycles. The fraction of sp³-hybridized carbons (Fsp3) is 1.00. The normalized spacial score (nSPS) is 33.5. The highest BCUT2D eigenvalue weighted by molar-refractivity contribution is 4.90. The average molecular weight is 283 g/mol. The molecule has 1 N–H and O–H groups in total. The number of ether oxygens (including phenoxy) is 1. The van der Waals surface area contributed by atoms with E-state index < -0.39 is 0 Å². The topological polar surface area (TPSA) is 27.7 Å². The third-order valence-corrected chi connectivity index (χ3v) is 4.83. The van der Waals surface area contributed by atoms with E-state index in [1.807, 2.05) is 0 Å². The minimum absolute atomic E-state index is 0.340. The van der Waals surface area contributed by atoms with Crippen molar-refractivity contribution in [3.8, 4) is 0 Å². The Morgan fingerprint density at radius 1 is 1.35 bits per heavy atom. The van der Waals surface area contributed by atoms with E-state index in [1.54, 1.807) is 0 Å². The quantitative estimate of drug-likeness (QED) is 0.746. The molecule has 0 aromatic rings. The van der Waals surface area contributed by atoms with Crippen molar-refractivity contribution in [3.63, 3.8) is 0 Å². The molecule has 2 unspecified atom stereocenters. The van der Waals surface area contributed by atoms with Crippen molar-refractivity contribution in [1.82, 2.24) is 15.1 Å². The molecule has 2 rings (SSSR count). The van der Waals surface area contributed by atoms with Gasteiger partial charge in [-0.15, -0.1) is 0 Å². The van der Waals surface area contributed by atoms with Crippen LogP contribution < -0.4 is 5.32 Å². The van der Waals surface area contributed by atoms with Crippen molar-refractivity contribution in [2.75, 3.05) is 59.5 Å². The summed E-state index contributed by atoms with van der Waals surface area (Å²) >= 11 is 0. The summed E-state index contributed by atoms with van der Waals surface area (Å²) in [5.41, 5.74) is 0.340. The van der Waals surface area contributed by atoms with E-state index in [0.29, 0.717) is 11.5 Å². The maximum Gasteiger partial charge on any atom is 0.0547 e. The molecule has 2 aliphatic heterocycles. The zero-order valence-corrected chi connectivity index (χ0v) is 13.7. The van der Waals surface area contributed by atoms with Gasteiger partial charge in [0.2, 0.25) is 0 Å². The van der Waals surface area contributed by atoms with E-state index >= 15 is 0 Å². The first-order chi connectivity index (χ1) is 9.65. The van der Waals surface area contributed by atoms with Gasteiger partial charge >= 0.3 is 0 Å². The lowest BCUT2D eigenvalue weighted by Crippen LogP contribution is -2.49. The molecule has 20 heavy (non-hydrogen) atoms. The Bertz CT molecular complexity index is 279. The Labute approximate surface area is 124 Å². The van der Waals surface area contributed by atoms with Crippen molar-refractivity contribution < 1.29 is 4.74 Å². The van der Waals surface area contributed by atoms with Crippen LogP contribution in [0.3, 0.4) is 0 Å². The zero-order valence-electron chi connectivity index (χ0n) is 13.7. The van der Waals surface area contributed by atoms with Crippen LogP contribution in [0.5, 0.6) is 0 Å². The van der Waals surface area contributed by atoms with Gasteiger partial charge in [0, 0.05) is 37.7 Å². The molecule has 118 valence electrons. The maximum atomic E-state index is 5.74. The number of nitrogens with one attached hydrogen (secondary N) is 1. The third kappa shape index (κ3) is 4.42. The van der Waals surface area contributed by atoms with E-state index in [-0.39, 0.29) is 0 Å². The van der Waals surface area contributed by atoms with Gasteiger partial charge in [-0.25, -0.2) is 0 Å². The number of hydrogen-bond donors (Lipinski definition) is 1. The third-order valence-electron chi connectivity index (χ3n) is 4.83. The molecule has 2 atom stereocenters. The smallest absolute Gasteiger partial charge is 0.0547 e. The molecule has 0 radical (unpaired) electrons. The molecule has 0 amide bonds. The second kappa shape index (κ2) is 7.74. The average Bonchev–Trinajstić information content (AvgIpc) is 2.80. The minimum Gasteiger partial charge on any atom is -0.381 e. The fourth-order valence-electron chi connectivity index (χ4n) is 3.59. The van der Waals surface area contributed by atoms with Crippen molar-refractivity contribution in [1.29, 1.82) is 0 Å². The maximum absolute atomic E-state index is 5.74. The predicted octanol–water partition coefficient (Wildman–Crippen LogP) is 1.42. The summed E-state index contributed by atoms with van der Waals surface area (Å²) in [5, 5.41) is 3.63. The van der Waals surface area contributed by atoms with E-state index in [9.17, 15) is 0 Å². The van der Waals surface area contributed by atoms with E-state index in [4.69, 9.17) is 4.74 Å². The molecule has 0 aromatic heterocycles. The molecule has 0 aliphatic carbocycles. The van der Waals surface area contributed by atoms with Crippen molar-refractivity contribution in [3.05, 3.63) is 0 Å². The number of nitrogens with zero attached hydrogens (tertiary/aromatic N) is 2. The predicted molar refractivity (Wildman–Crippen MR) is 84.2 cm³/mol. The molecule has 0 spiro atoms. The van der Waals surface area contributed by atoms with Crippen molar-refractivity contribution >= 4 is 0 Å². The Morgan fingerprint density at radius 3 is 2.90 bits per heavy atom. The van der Waals surface area contributed by atoms with Gasteiger partial charge < -0.3 is 15.0 Å². The number of likely N-dealkylation sites (N-methyl/N-ethyl adjacent to an activating group) is 1. The van der Waals surface area contributed by atoms with Crippen molar-refractivity contribution in [2.24, 2.45) is 5.41 Å². The standard InChI is InChI=1S/C16H33N3O/c1-4-7-17-12-16(6-10-20-14-16)13-19-9-5-8-18(3)11-15(19)2/h15,17H,4-14H2,1-3H3. The highest BCUT2D eigenvalue weighted by Crippen LogP contribution is 2.30. The lowest BCUT2D eigenvalue weighted by atomic mass is 9.86. The largest absolute Gasteiger partial charge is 0.381 e. The van der Waals surface area contributed by atoms with Crippen LogP contribution in [0.4, 0.5) is 0 Å². The molecule has 0 saturated carbocycles. The zero-order chi connectivity index (χ0) is 14.4. The van der Waals surface area contributed by atoms with Crippen LogP contribution in [-0.4, -0.2) is 75.4 Å². The highest BCUT2D eigenvalue weighted by Gasteiger charge is 2.37.